The Morgan fingerprint density at radius 3 is 2.90 bits per heavy atom. The molecule has 1 unspecified atom stereocenters. The molecule has 0 aliphatic carbocycles. The fraction of sp³-hybridized carbons (Fsp3) is 0.462. The first kappa shape index (κ1) is 13.5. The van der Waals surface area contributed by atoms with Crippen molar-refractivity contribution in [1.82, 2.24) is 20.1 Å². The molecule has 21 heavy (non-hydrogen) atoms. The number of piperidine rings is 1. The van der Waals surface area contributed by atoms with Gasteiger partial charge in [-0.3, -0.25) is 0 Å². The van der Waals surface area contributed by atoms with Gasteiger partial charge in [-0.05, 0) is 19.8 Å². The standard InChI is InChI=1S/C13H15N5O3/c1-8-16-12(21-17-8)9-3-2-4-18(7-9)11-6-14-10(5-15-11)13(19)20/h5-6,9H,2-4,7H2,1H3,(H,19,20). The van der Waals surface area contributed by atoms with Crippen molar-refractivity contribution in [2.75, 3.05) is 18.0 Å². The minimum atomic E-state index is -1.08. The van der Waals surface area contributed by atoms with Gasteiger partial charge in [0.2, 0.25) is 5.89 Å². The van der Waals surface area contributed by atoms with Gasteiger partial charge >= 0.3 is 5.97 Å². The number of hydrogen-bond acceptors (Lipinski definition) is 7. The van der Waals surface area contributed by atoms with Gasteiger partial charge in [-0.25, -0.2) is 14.8 Å². The topological polar surface area (TPSA) is 105 Å². The van der Waals surface area contributed by atoms with Crippen molar-refractivity contribution in [2.45, 2.75) is 25.7 Å². The van der Waals surface area contributed by atoms with E-state index in [4.69, 9.17) is 9.63 Å². The Bertz CT molecular complexity index is 640. The Morgan fingerprint density at radius 1 is 1.43 bits per heavy atom. The number of carboxylic acid groups (broad SMARTS) is 1. The molecule has 3 heterocycles. The van der Waals surface area contributed by atoms with Crippen LogP contribution in [0.1, 0.15) is 41.0 Å². The van der Waals surface area contributed by atoms with Crippen molar-refractivity contribution in [2.24, 2.45) is 0 Å². The summed E-state index contributed by atoms with van der Waals surface area (Å²) in [6.45, 7) is 3.36. The van der Waals surface area contributed by atoms with E-state index in [1.54, 1.807) is 6.92 Å². The van der Waals surface area contributed by atoms with Crippen LogP contribution in [0.5, 0.6) is 0 Å². The van der Waals surface area contributed by atoms with Crippen molar-refractivity contribution in [1.29, 1.82) is 0 Å². The Kier molecular flexibility index (Phi) is 3.51. The van der Waals surface area contributed by atoms with Gasteiger partial charge in [0.15, 0.2) is 11.5 Å². The predicted octanol–water partition coefficient (Wildman–Crippen LogP) is 1.25. The number of carboxylic acids is 1. The van der Waals surface area contributed by atoms with Gasteiger partial charge in [-0.15, -0.1) is 0 Å². The molecular weight excluding hydrogens is 274 g/mol. The first-order valence-electron chi connectivity index (χ1n) is 6.74. The summed E-state index contributed by atoms with van der Waals surface area (Å²) < 4.78 is 5.24. The molecule has 1 saturated heterocycles. The van der Waals surface area contributed by atoms with Crippen molar-refractivity contribution >= 4 is 11.8 Å². The number of aryl methyl sites for hydroxylation is 1. The summed E-state index contributed by atoms with van der Waals surface area (Å²) in [5, 5.41) is 12.7. The molecule has 2 aromatic heterocycles. The molecule has 0 radical (unpaired) electrons. The second-order valence-corrected chi connectivity index (χ2v) is 5.03. The number of anilines is 1. The van der Waals surface area contributed by atoms with Gasteiger partial charge in [0.25, 0.3) is 0 Å². The normalized spacial score (nSPS) is 18.7. The lowest BCUT2D eigenvalue weighted by atomic mass is 9.98. The average Bonchev–Trinajstić information content (AvgIpc) is 2.94. The van der Waals surface area contributed by atoms with Crippen LogP contribution in [0.25, 0.3) is 0 Å². The summed E-state index contributed by atoms with van der Waals surface area (Å²) in [4.78, 5) is 25.2. The van der Waals surface area contributed by atoms with E-state index in [1.807, 2.05) is 0 Å². The lowest BCUT2D eigenvalue weighted by Gasteiger charge is -2.31. The van der Waals surface area contributed by atoms with E-state index >= 15 is 0 Å². The van der Waals surface area contributed by atoms with Gasteiger partial charge in [-0.1, -0.05) is 5.16 Å². The van der Waals surface area contributed by atoms with Crippen LogP contribution in [0, 0.1) is 6.92 Å². The summed E-state index contributed by atoms with van der Waals surface area (Å²) in [6, 6.07) is 0. The second kappa shape index (κ2) is 5.47. The molecular formula is C13H15N5O3. The molecule has 1 aliphatic rings. The molecule has 0 aromatic carbocycles. The van der Waals surface area contributed by atoms with Crippen LogP contribution in [-0.4, -0.2) is 44.3 Å². The van der Waals surface area contributed by atoms with Gasteiger partial charge in [0.1, 0.15) is 5.82 Å². The second-order valence-electron chi connectivity index (χ2n) is 5.03. The zero-order valence-electron chi connectivity index (χ0n) is 11.6. The SMILES string of the molecule is Cc1noc(C2CCCN(c3cnc(C(=O)O)cn3)C2)n1. The number of hydrogen-bond donors (Lipinski definition) is 1. The molecule has 3 rings (SSSR count). The highest BCUT2D eigenvalue weighted by Gasteiger charge is 2.26. The van der Waals surface area contributed by atoms with Gasteiger partial charge < -0.3 is 14.5 Å². The molecule has 0 amide bonds. The number of nitrogens with zero attached hydrogens (tertiary/aromatic N) is 5. The summed E-state index contributed by atoms with van der Waals surface area (Å²) in [6.07, 6.45) is 4.73. The Morgan fingerprint density at radius 2 is 2.29 bits per heavy atom. The highest BCUT2D eigenvalue weighted by Crippen LogP contribution is 2.27. The molecule has 110 valence electrons. The molecule has 8 nitrogen and oxygen atoms in total. The number of carbonyl (C=O) groups is 1. The quantitative estimate of drug-likeness (QED) is 0.900. The maximum atomic E-state index is 10.8. The average molecular weight is 289 g/mol. The molecule has 1 N–H and O–H groups in total. The van der Waals surface area contributed by atoms with Crippen LogP contribution in [-0.2, 0) is 0 Å². The minimum absolute atomic E-state index is 0.0557. The highest BCUT2D eigenvalue weighted by molar-refractivity contribution is 5.84. The van der Waals surface area contributed by atoms with Crippen LogP contribution < -0.4 is 4.90 Å². The van der Waals surface area contributed by atoms with Crippen LogP contribution >= 0.6 is 0 Å². The largest absolute Gasteiger partial charge is 0.476 e. The summed E-state index contributed by atoms with van der Waals surface area (Å²) in [5.74, 6) is 1.04. The molecule has 0 spiro atoms. The monoisotopic (exact) mass is 289 g/mol. The zero-order chi connectivity index (χ0) is 14.8. The first-order valence-corrected chi connectivity index (χ1v) is 6.74. The number of aromatic nitrogens is 4. The first-order chi connectivity index (χ1) is 10.1. The van der Waals surface area contributed by atoms with E-state index in [-0.39, 0.29) is 11.6 Å². The lowest BCUT2D eigenvalue weighted by molar-refractivity contribution is 0.0690. The van der Waals surface area contributed by atoms with Gasteiger partial charge in [0, 0.05) is 13.1 Å². The zero-order valence-corrected chi connectivity index (χ0v) is 11.6. The third kappa shape index (κ3) is 2.83. The van der Waals surface area contributed by atoms with E-state index in [0.717, 1.165) is 19.4 Å². The molecule has 1 atom stereocenters. The molecule has 8 heteroatoms. The molecule has 0 bridgehead atoms. The summed E-state index contributed by atoms with van der Waals surface area (Å²) in [7, 11) is 0. The van der Waals surface area contributed by atoms with Crippen molar-refractivity contribution < 1.29 is 14.4 Å². The Balaban J connectivity index is 1.75. The van der Waals surface area contributed by atoms with Crippen LogP contribution in [0.4, 0.5) is 5.82 Å². The maximum absolute atomic E-state index is 10.8. The van der Waals surface area contributed by atoms with Crippen molar-refractivity contribution in [3.63, 3.8) is 0 Å². The maximum Gasteiger partial charge on any atom is 0.356 e. The Labute approximate surface area is 120 Å². The Hall–Kier alpha value is -2.51. The molecule has 1 fully saturated rings. The third-order valence-corrected chi connectivity index (χ3v) is 3.50. The van der Waals surface area contributed by atoms with E-state index < -0.39 is 5.97 Å². The number of aromatic carboxylic acids is 1. The number of rotatable bonds is 3. The third-order valence-electron chi connectivity index (χ3n) is 3.50. The van der Waals surface area contributed by atoms with E-state index in [0.29, 0.717) is 24.1 Å². The van der Waals surface area contributed by atoms with Gasteiger partial charge in [0.05, 0.1) is 18.3 Å². The fourth-order valence-electron chi connectivity index (χ4n) is 2.46. The van der Waals surface area contributed by atoms with Gasteiger partial charge in [-0.2, -0.15) is 4.98 Å². The molecule has 1 aliphatic heterocycles. The van der Waals surface area contributed by atoms with E-state index in [2.05, 4.69) is 25.0 Å². The van der Waals surface area contributed by atoms with Crippen molar-refractivity contribution in [3.8, 4) is 0 Å². The van der Waals surface area contributed by atoms with Crippen LogP contribution in [0.15, 0.2) is 16.9 Å². The lowest BCUT2D eigenvalue weighted by Crippen LogP contribution is -2.35. The van der Waals surface area contributed by atoms with Crippen molar-refractivity contribution in [3.05, 3.63) is 29.8 Å². The van der Waals surface area contributed by atoms with Crippen LogP contribution in [0.2, 0.25) is 0 Å². The predicted molar refractivity (Wildman–Crippen MR) is 72.2 cm³/mol. The highest BCUT2D eigenvalue weighted by atomic mass is 16.5. The minimum Gasteiger partial charge on any atom is -0.476 e. The summed E-state index contributed by atoms with van der Waals surface area (Å²) >= 11 is 0. The molecule has 0 saturated carbocycles. The summed E-state index contributed by atoms with van der Waals surface area (Å²) in [5.41, 5.74) is -0.0557. The van der Waals surface area contributed by atoms with E-state index in [1.165, 1.54) is 12.4 Å². The van der Waals surface area contributed by atoms with E-state index in [9.17, 15) is 4.79 Å². The smallest absolute Gasteiger partial charge is 0.356 e. The fourth-order valence-corrected chi connectivity index (χ4v) is 2.46. The molecule has 2 aromatic rings. The van der Waals surface area contributed by atoms with Crippen LogP contribution in [0.3, 0.4) is 0 Å².